The highest BCUT2D eigenvalue weighted by Gasteiger charge is 2.21. The molecule has 1 unspecified atom stereocenters. The highest BCUT2D eigenvalue weighted by atomic mass is 32.2. The predicted molar refractivity (Wildman–Crippen MR) is 71.2 cm³/mol. The van der Waals surface area contributed by atoms with E-state index in [2.05, 4.69) is 11.6 Å². The zero-order valence-electron chi connectivity index (χ0n) is 10.4. The molecule has 0 amide bonds. The number of rotatable bonds is 4. The highest BCUT2D eigenvalue weighted by Crippen LogP contribution is 2.26. The summed E-state index contributed by atoms with van der Waals surface area (Å²) in [7, 11) is 0. The summed E-state index contributed by atoms with van der Waals surface area (Å²) in [6, 6.07) is 0.758. The van der Waals surface area contributed by atoms with Gasteiger partial charge in [0.1, 0.15) is 0 Å². The Balaban J connectivity index is 1.59. The molecule has 1 atom stereocenters. The molecule has 1 saturated heterocycles. The van der Waals surface area contributed by atoms with Crippen molar-refractivity contribution in [2.24, 2.45) is 0 Å². The zero-order valence-corrected chi connectivity index (χ0v) is 11.2. The standard InChI is InChI=1S/C13H25NOS/c1-16-13-7-5-11(6-8-13)14-10-12-4-2-3-9-15-12/h11-14H,2-10H2,1H3. The maximum absolute atomic E-state index is 5.74. The normalized spacial score (nSPS) is 36.2. The van der Waals surface area contributed by atoms with Gasteiger partial charge in [-0.05, 0) is 51.2 Å². The van der Waals surface area contributed by atoms with Crippen LogP contribution in [0.25, 0.3) is 0 Å². The fourth-order valence-electron chi connectivity index (χ4n) is 2.77. The van der Waals surface area contributed by atoms with Gasteiger partial charge in [0.15, 0.2) is 0 Å². The van der Waals surface area contributed by atoms with Crippen LogP contribution in [-0.4, -0.2) is 36.8 Å². The van der Waals surface area contributed by atoms with Gasteiger partial charge in [-0.3, -0.25) is 0 Å². The summed E-state index contributed by atoms with van der Waals surface area (Å²) in [5.74, 6) is 0. The first kappa shape index (κ1) is 12.7. The van der Waals surface area contributed by atoms with Crippen molar-refractivity contribution in [1.82, 2.24) is 5.32 Å². The molecule has 0 aromatic heterocycles. The van der Waals surface area contributed by atoms with Crippen LogP contribution in [0, 0.1) is 0 Å². The molecule has 2 fully saturated rings. The molecule has 2 aliphatic rings. The van der Waals surface area contributed by atoms with Crippen LogP contribution in [0.15, 0.2) is 0 Å². The van der Waals surface area contributed by atoms with E-state index >= 15 is 0 Å². The zero-order chi connectivity index (χ0) is 11.2. The molecule has 0 aromatic rings. The van der Waals surface area contributed by atoms with E-state index in [1.807, 2.05) is 11.8 Å². The lowest BCUT2D eigenvalue weighted by atomic mass is 9.94. The lowest BCUT2D eigenvalue weighted by Crippen LogP contribution is -2.40. The Labute approximate surface area is 104 Å². The number of ether oxygens (including phenoxy) is 1. The minimum atomic E-state index is 0.493. The third-order valence-corrected chi connectivity index (χ3v) is 5.05. The third kappa shape index (κ3) is 3.94. The summed E-state index contributed by atoms with van der Waals surface area (Å²) in [6.07, 6.45) is 12.1. The number of hydrogen-bond acceptors (Lipinski definition) is 3. The quantitative estimate of drug-likeness (QED) is 0.820. The monoisotopic (exact) mass is 243 g/mol. The number of hydrogen-bond donors (Lipinski definition) is 1. The fourth-order valence-corrected chi connectivity index (χ4v) is 3.51. The van der Waals surface area contributed by atoms with Crippen molar-refractivity contribution < 1.29 is 4.74 Å². The van der Waals surface area contributed by atoms with Crippen molar-refractivity contribution in [1.29, 1.82) is 0 Å². The van der Waals surface area contributed by atoms with Crippen LogP contribution in [0.2, 0.25) is 0 Å². The van der Waals surface area contributed by atoms with Gasteiger partial charge >= 0.3 is 0 Å². The van der Waals surface area contributed by atoms with Crippen molar-refractivity contribution in [2.45, 2.75) is 62.3 Å². The molecule has 0 bridgehead atoms. The Morgan fingerprint density at radius 3 is 2.56 bits per heavy atom. The van der Waals surface area contributed by atoms with Crippen LogP contribution >= 0.6 is 11.8 Å². The molecular weight excluding hydrogens is 218 g/mol. The molecule has 1 aliphatic carbocycles. The van der Waals surface area contributed by atoms with Gasteiger partial charge in [-0.1, -0.05) is 0 Å². The van der Waals surface area contributed by atoms with Gasteiger partial charge in [-0.15, -0.1) is 0 Å². The second-order valence-corrected chi connectivity index (χ2v) is 6.24. The van der Waals surface area contributed by atoms with Crippen LogP contribution in [0.1, 0.15) is 44.9 Å². The van der Waals surface area contributed by atoms with E-state index in [1.54, 1.807) is 0 Å². The van der Waals surface area contributed by atoms with E-state index in [-0.39, 0.29) is 0 Å². The van der Waals surface area contributed by atoms with Crippen LogP contribution < -0.4 is 5.32 Å². The Morgan fingerprint density at radius 2 is 1.94 bits per heavy atom. The van der Waals surface area contributed by atoms with Gasteiger partial charge in [0, 0.05) is 24.4 Å². The number of nitrogens with one attached hydrogen (secondary N) is 1. The van der Waals surface area contributed by atoms with Gasteiger partial charge in [-0.2, -0.15) is 11.8 Å². The highest BCUT2D eigenvalue weighted by molar-refractivity contribution is 7.99. The molecule has 2 rings (SSSR count). The van der Waals surface area contributed by atoms with Gasteiger partial charge in [0.25, 0.3) is 0 Å². The molecule has 3 heteroatoms. The second-order valence-electron chi connectivity index (χ2n) is 5.11. The molecule has 2 nitrogen and oxygen atoms in total. The fraction of sp³-hybridized carbons (Fsp3) is 1.00. The van der Waals surface area contributed by atoms with Crippen molar-refractivity contribution >= 4 is 11.8 Å². The first-order valence-corrected chi connectivity index (χ1v) is 8.05. The Morgan fingerprint density at radius 1 is 1.12 bits per heavy atom. The van der Waals surface area contributed by atoms with E-state index in [9.17, 15) is 0 Å². The first-order chi connectivity index (χ1) is 7.88. The molecule has 1 saturated carbocycles. The third-order valence-electron chi connectivity index (χ3n) is 3.92. The summed E-state index contributed by atoms with van der Waals surface area (Å²) >= 11 is 2.04. The van der Waals surface area contributed by atoms with Crippen LogP contribution in [0.3, 0.4) is 0 Å². The molecule has 0 radical (unpaired) electrons. The van der Waals surface area contributed by atoms with Gasteiger partial charge in [0.05, 0.1) is 6.10 Å². The Kier molecular flexibility index (Phi) is 5.46. The van der Waals surface area contributed by atoms with Gasteiger partial charge in [0.2, 0.25) is 0 Å². The molecule has 16 heavy (non-hydrogen) atoms. The maximum atomic E-state index is 5.74. The minimum absolute atomic E-state index is 0.493. The predicted octanol–water partition coefficient (Wildman–Crippen LogP) is 2.82. The van der Waals surface area contributed by atoms with Crippen LogP contribution in [0.4, 0.5) is 0 Å². The lowest BCUT2D eigenvalue weighted by Gasteiger charge is -2.30. The van der Waals surface area contributed by atoms with Crippen LogP contribution in [-0.2, 0) is 4.74 Å². The Bertz CT molecular complexity index is 186. The Hall–Kier alpha value is 0.270. The van der Waals surface area contributed by atoms with E-state index in [0.29, 0.717) is 6.10 Å². The summed E-state index contributed by atoms with van der Waals surface area (Å²) in [4.78, 5) is 0. The van der Waals surface area contributed by atoms with Gasteiger partial charge < -0.3 is 10.1 Å². The molecule has 1 aliphatic heterocycles. The first-order valence-electron chi connectivity index (χ1n) is 6.76. The van der Waals surface area contributed by atoms with E-state index in [4.69, 9.17) is 4.74 Å². The van der Waals surface area contributed by atoms with E-state index < -0.39 is 0 Å². The maximum Gasteiger partial charge on any atom is 0.0699 e. The molecule has 94 valence electrons. The smallest absolute Gasteiger partial charge is 0.0699 e. The van der Waals surface area contributed by atoms with E-state index in [0.717, 1.165) is 24.4 Å². The SMILES string of the molecule is CSC1CCC(NCC2CCCCO2)CC1. The van der Waals surface area contributed by atoms with Crippen LogP contribution in [0.5, 0.6) is 0 Å². The second kappa shape index (κ2) is 6.87. The van der Waals surface area contributed by atoms with E-state index in [1.165, 1.54) is 44.9 Å². The van der Waals surface area contributed by atoms with Crippen molar-refractivity contribution in [3.8, 4) is 0 Å². The summed E-state index contributed by atoms with van der Waals surface area (Å²) in [5, 5.41) is 4.62. The molecule has 1 heterocycles. The summed E-state index contributed by atoms with van der Waals surface area (Å²) in [5.41, 5.74) is 0. The minimum Gasteiger partial charge on any atom is -0.377 e. The summed E-state index contributed by atoms with van der Waals surface area (Å²) < 4.78 is 5.74. The molecule has 0 aromatic carbocycles. The van der Waals surface area contributed by atoms with Crippen molar-refractivity contribution in [2.75, 3.05) is 19.4 Å². The lowest BCUT2D eigenvalue weighted by molar-refractivity contribution is 0.0147. The molecule has 1 N–H and O–H groups in total. The average molecular weight is 243 g/mol. The topological polar surface area (TPSA) is 21.3 Å². The largest absolute Gasteiger partial charge is 0.377 e. The summed E-state index contributed by atoms with van der Waals surface area (Å²) in [6.45, 7) is 2.06. The molecule has 0 spiro atoms. The number of thioether (sulfide) groups is 1. The molecular formula is C13H25NOS. The average Bonchev–Trinajstić information content (AvgIpc) is 2.38. The van der Waals surface area contributed by atoms with Crippen molar-refractivity contribution in [3.05, 3.63) is 0 Å². The van der Waals surface area contributed by atoms with Crippen molar-refractivity contribution in [3.63, 3.8) is 0 Å². The van der Waals surface area contributed by atoms with Gasteiger partial charge in [-0.25, -0.2) is 0 Å².